The maximum Gasteiger partial charge on any atom is 0.319 e. The molecule has 160 valence electrons. The number of urea groups is 1. The van der Waals surface area contributed by atoms with Crippen molar-refractivity contribution >= 4 is 23.5 Å². The summed E-state index contributed by atoms with van der Waals surface area (Å²) in [5, 5.41) is 11.6. The van der Waals surface area contributed by atoms with Crippen LogP contribution >= 0.6 is 11.6 Å². The molecule has 1 atom stereocenters. The first kappa shape index (κ1) is 23.2. The van der Waals surface area contributed by atoms with Crippen LogP contribution in [0.5, 0.6) is 5.75 Å². The molecular weight excluding hydrogens is 412 g/mol. The van der Waals surface area contributed by atoms with E-state index in [0.29, 0.717) is 21.9 Å². The number of benzene rings is 1. The summed E-state index contributed by atoms with van der Waals surface area (Å²) in [7, 11) is 0. The van der Waals surface area contributed by atoms with Crippen molar-refractivity contribution in [2.75, 3.05) is 13.2 Å². The molecule has 11 heteroatoms. The highest BCUT2D eigenvalue weighted by Crippen LogP contribution is 2.40. The van der Waals surface area contributed by atoms with Gasteiger partial charge in [0.1, 0.15) is 5.75 Å². The number of carbonyl (C=O) groups excluding carboxylic acids is 2. The van der Waals surface area contributed by atoms with Gasteiger partial charge in [-0.05, 0) is 42.6 Å². The van der Waals surface area contributed by atoms with Crippen molar-refractivity contribution in [3.8, 4) is 5.75 Å². The number of ether oxygens (including phenoxy) is 1. The lowest BCUT2D eigenvalue weighted by Gasteiger charge is -2.34. The second kappa shape index (κ2) is 9.15. The fourth-order valence-electron chi connectivity index (χ4n) is 2.87. The summed E-state index contributed by atoms with van der Waals surface area (Å²) in [6.45, 7) is 7.44. The summed E-state index contributed by atoms with van der Waals surface area (Å²) in [4.78, 5) is 37.5. The zero-order valence-electron chi connectivity index (χ0n) is 17.1. The number of nitrogens with one attached hydrogen (secondary N) is 2. The molecule has 1 heterocycles. The Bertz CT molecular complexity index is 937. The largest absolute Gasteiger partial charge is 0.491 e. The molecule has 1 aliphatic rings. The van der Waals surface area contributed by atoms with Crippen LogP contribution in [-0.4, -0.2) is 25.1 Å². The minimum atomic E-state index is -1.24. The summed E-state index contributed by atoms with van der Waals surface area (Å²) in [5.41, 5.74) is 7.92. The molecule has 2 N–H and O–H groups in total. The average Bonchev–Trinajstić information content (AvgIpc) is 2.70. The van der Waals surface area contributed by atoms with Crippen LogP contribution in [-0.2, 0) is 4.79 Å². The molecule has 1 aromatic rings. The Labute approximate surface area is 178 Å². The Morgan fingerprint density at radius 3 is 2.63 bits per heavy atom. The van der Waals surface area contributed by atoms with Crippen LogP contribution in [0.15, 0.2) is 40.3 Å². The number of halogens is 1. The lowest BCUT2D eigenvalue weighted by atomic mass is 9.77. The summed E-state index contributed by atoms with van der Waals surface area (Å²) in [5.74, 6) is -0.435. The maximum atomic E-state index is 12.0. The first-order valence-corrected chi connectivity index (χ1v) is 9.48. The molecule has 10 nitrogen and oxygen atoms in total. The molecule has 0 spiro atoms. The number of hydrogen-bond acceptors (Lipinski definition) is 5. The number of nitroso groups, excluding NO2 is 1. The van der Waals surface area contributed by atoms with E-state index in [2.05, 4.69) is 25.8 Å². The number of nitrogens with zero attached hydrogens (tertiary/aromatic N) is 4. The van der Waals surface area contributed by atoms with E-state index < -0.39 is 23.4 Å². The van der Waals surface area contributed by atoms with Crippen LogP contribution in [0.1, 0.15) is 39.3 Å². The highest BCUT2D eigenvalue weighted by atomic mass is 35.5. The number of amides is 3. The molecule has 0 radical (unpaired) electrons. The molecule has 2 rings (SSSR count). The van der Waals surface area contributed by atoms with Gasteiger partial charge in [-0.1, -0.05) is 36.6 Å². The van der Waals surface area contributed by atoms with E-state index in [-0.39, 0.29) is 18.6 Å². The third kappa shape index (κ3) is 5.28. The molecule has 0 fully saturated rings. The summed E-state index contributed by atoms with van der Waals surface area (Å²) >= 11 is 6.38. The molecule has 1 unspecified atom stereocenters. The van der Waals surface area contributed by atoms with Crippen LogP contribution in [0, 0.1) is 15.7 Å². The number of carbonyl (C=O) groups is 2. The average molecular weight is 435 g/mol. The van der Waals surface area contributed by atoms with Crippen LogP contribution in [0.25, 0.3) is 10.4 Å². The van der Waals surface area contributed by atoms with E-state index in [1.807, 2.05) is 13.8 Å². The first-order chi connectivity index (χ1) is 14.0. The van der Waals surface area contributed by atoms with Gasteiger partial charge in [-0.2, -0.15) is 0 Å². The van der Waals surface area contributed by atoms with Gasteiger partial charge in [0.15, 0.2) is 0 Å². The normalized spacial score (nSPS) is 16.5. The Morgan fingerprint density at radius 1 is 1.33 bits per heavy atom. The Kier molecular flexibility index (Phi) is 7.07. The van der Waals surface area contributed by atoms with Gasteiger partial charge in [0.25, 0.3) is 5.91 Å². The maximum absolute atomic E-state index is 12.0. The fourth-order valence-corrected chi connectivity index (χ4v) is 3.12. The zero-order valence-corrected chi connectivity index (χ0v) is 17.9. The van der Waals surface area contributed by atoms with Crippen LogP contribution < -0.4 is 15.4 Å². The van der Waals surface area contributed by atoms with Crippen molar-refractivity contribution < 1.29 is 14.3 Å². The highest BCUT2D eigenvalue weighted by Gasteiger charge is 2.40. The van der Waals surface area contributed by atoms with Crippen molar-refractivity contribution in [2.24, 2.45) is 21.1 Å². The Morgan fingerprint density at radius 2 is 2.03 bits per heavy atom. The SMILES string of the molecule is CC(C)(CN=[N+]=[N-])COc1ccc(C2NC(=O)NC=C2C(C)(C)C(=O)N=O)cc1Cl. The third-order valence-corrected chi connectivity index (χ3v) is 5.05. The molecule has 1 aliphatic heterocycles. The minimum absolute atomic E-state index is 0.266. The Balaban J connectivity index is 2.29. The molecule has 0 aliphatic carbocycles. The van der Waals surface area contributed by atoms with Crippen molar-refractivity contribution in [3.05, 3.63) is 55.9 Å². The van der Waals surface area contributed by atoms with E-state index in [1.54, 1.807) is 32.0 Å². The predicted octanol–water partition coefficient (Wildman–Crippen LogP) is 4.61. The van der Waals surface area contributed by atoms with E-state index in [4.69, 9.17) is 21.9 Å². The number of azide groups is 1. The quantitative estimate of drug-likeness (QED) is 0.266. The van der Waals surface area contributed by atoms with E-state index >= 15 is 0 Å². The van der Waals surface area contributed by atoms with Crippen LogP contribution in [0.2, 0.25) is 5.02 Å². The third-order valence-electron chi connectivity index (χ3n) is 4.75. The standard InChI is InChI=1S/C19H23ClN6O4/c1-18(2,9-23-26-21)10-30-14-6-5-11(7-13(14)20)15-12(8-22-17(28)24-15)19(3,4)16(27)25-29/h5-8,15H,9-10H2,1-4H3,(H2,22,24,28). The smallest absolute Gasteiger partial charge is 0.319 e. The second-order valence-corrected chi connectivity index (χ2v) is 8.61. The van der Waals surface area contributed by atoms with E-state index in [0.717, 1.165) is 0 Å². The molecule has 3 amide bonds. The van der Waals surface area contributed by atoms with Crippen molar-refractivity contribution in [3.63, 3.8) is 0 Å². The lowest BCUT2D eigenvalue weighted by molar-refractivity contribution is -0.124. The van der Waals surface area contributed by atoms with Gasteiger partial charge in [-0.3, -0.25) is 4.79 Å². The highest BCUT2D eigenvalue weighted by molar-refractivity contribution is 6.32. The van der Waals surface area contributed by atoms with Gasteiger partial charge in [0, 0.05) is 28.2 Å². The molecular formula is C19H23ClN6O4. The molecule has 0 aromatic heterocycles. The van der Waals surface area contributed by atoms with Crippen LogP contribution in [0.4, 0.5) is 4.79 Å². The van der Waals surface area contributed by atoms with Gasteiger partial charge in [0.2, 0.25) is 0 Å². The Hall–Kier alpha value is -3.10. The fraction of sp³-hybridized carbons (Fsp3) is 0.474. The molecule has 1 aromatic carbocycles. The predicted molar refractivity (Wildman–Crippen MR) is 112 cm³/mol. The van der Waals surface area contributed by atoms with Gasteiger partial charge < -0.3 is 15.4 Å². The molecule has 30 heavy (non-hydrogen) atoms. The molecule has 0 saturated heterocycles. The van der Waals surface area contributed by atoms with Crippen molar-refractivity contribution in [1.82, 2.24) is 10.6 Å². The van der Waals surface area contributed by atoms with Crippen molar-refractivity contribution in [2.45, 2.75) is 33.7 Å². The molecule has 0 saturated carbocycles. The van der Waals surface area contributed by atoms with Gasteiger partial charge >= 0.3 is 6.03 Å². The van der Waals surface area contributed by atoms with Crippen LogP contribution in [0.3, 0.4) is 0 Å². The zero-order chi connectivity index (χ0) is 22.5. The molecule has 0 bridgehead atoms. The monoisotopic (exact) mass is 434 g/mol. The number of hydrogen-bond donors (Lipinski definition) is 2. The van der Waals surface area contributed by atoms with Gasteiger partial charge in [-0.15, -0.1) is 4.91 Å². The van der Waals surface area contributed by atoms with Gasteiger partial charge in [-0.25, -0.2) is 4.79 Å². The first-order valence-electron chi connectivity index (χ1n) is 9.10. The van der Waals surface area contributed by atoms with E-state index in [9.17, 15) is 14.5 Å². The summed E-state index contributed by atoms with van der Waals surface area (Å²) < 4.78 is 5.77. The lowest BCUT2D eigenvalue weighted by Crippen LogP contribution is -2.45. The summed E-state index contributed by atoms with van der Waals surface area (Å²) in [6.07, 6.45) is 1.41. The van der Waals surface area contributed by atoms with Crippen molar-refractivity contribution in [1.29, 1.82) is 0 Å². The topological polar surface area (TPSA) is 146 Å². The van der Waals surface area contributed by atoms with Gasteiger partial charge in [0.05, 0.1) is 23.1 Å². The minimum Gasteiger partial charge on any atom is -0.491 e. The van der Waals surface area contributed by atoms with E-state index in [1.165, 1.54) is 6.20 Å². The number of rotatable bonds is 8. The summed E-state index contributed by atoms with van der Waals surface area (Å²) in [6, 6.07) is 3.84. The second-order valence-electron chi connectivity index (χ2n) is 8.20.